The van der Waals surface area contributed by atoms with Gasteiger partial charge in [-0.2, -0.15) is 0 Å². The molecule has 1 fully saturated rings. The molecule has 1 saturated heterocycles. The van der Waals surface area contributed by atoms with Gasteiger partial charge in [0, 0.05) is 19.2 Å². The molecule has 34 heavy (non-hydrogen) atoms. The fourth-order valence-electron chi connectivity index (χ4n) is 3.87. The normalized spacial score (nSPS) is 17.4. The van der Waals surface area contributed by atoms with Crippen molar-refractivity contribution in [1.82, 2.24) is 20.2 Å². The van der Waals surface area contributed by atoms with Crippen LogP contribution >= 0.6 is 0 Å². The van der Waals surface area contributed by atoms with Gasteiger partial charge in [-0.3, -0.25) is 19.3 Å². The Balaban J connectivity index is 1.47. The third-order valence-electron chi connectivity index (χ3n) is 5.33. The van der Waals surface area contributed by atoms with Crippen LogP contribution in [0.1, 0.15) is 61.5 Å². The lowest BCUT2D eigenvalue weighted by Crippen LogP contribution is -2.37. The number of fused-ring (bicyclic) bond motifs is 1. The number of carbonyl (C=O) groups is 3. The number of likely N-dealkylation sites (tertiary alicyclic amines) is 1. The Kier molecular flexibility index (Phi) is 6.27. The molecule has 0 spiro atoms. The van der Waals surface area contributed by atoms with Gasteiger partial charge in [-0.05, 0) is 51.3 Å². The highest BCUT2D eigenvalue weighted by molar-refractivity contribution is 5.95. The molecule has 0 radical (unpaired) electrons. The minimum absolute atomic E-state index is 0.0369. The molecule has 0 aliphatic carbocycles. The first-order valence-electron chi connectivity index (χ1n) is 11.0. The van der Waals surface area contributed by atoms with Crippen LogP contribution in [0.2, 0.25) is 0 Å². The average Bonchev–Trinajstić information content (AvgIpc) is 3.26. The molecule has 3 N–H and O–H groups in total. The Morgan fingerprint density at radius 1 is 1.26 bits per heavy atom. The zero-order chi connectivity index (χ0) is 24.5. The third kappa shape index (κ3) is 5.36. The summed E-state index contributed by atoms with van der Waals surface area (Å²) in [6.45, 7) is 5.94. The first-order chi connectivity index (χ1) is 16.1. The van der Waals surface area contributed by atoms with Crippen molar-refractivity contribution in [3.05, 3.63) is 51.7 Å². The second-order valence-electron chi connectivity index (χ2n) is 9.20. The molecule has 1 aromatic carbocycles. The maximum atomic E-state index is 12.7. The van der Waals surface area contributed by atoms with Crippen molar-refractivity contribution in [2.45, 2.75) is 51.8 Å². The molecule has 2 aliphatic rings. The summed E-state index contributed by atoms with van der Waals surface area (Å²) in [7, 11) is 0. The van der Waals surface area contributed by atoms with E-state index in [1.165, 1.54) is 11.0 Å². The number of hydrogen-bond acceptors (Lipinski definition) is 7. The van der Waals surface area contributed by atoms with Crippen molar-refractivity contribution < 1.29 is 23.9 Å². The van der Waals surface area contributed by atoms with Crippen molar-refractivity contribution in [2.24, 2.45) is 0 Å². The maximum Gasteiger partial charge on any atom is 0.410 e. The van der Waals surface area contributed by atoms with Gasteiger partial charge in [-0.25, -0.2) is 9.78 Å². The summed E-state index contributed by atoms with van der Waals surface area (Å²) in [5.74, 6) is -0.411. The second kappa shape index (κ2) is 9.16. The average molecular weight is 469 g/mol. The van der Waals surface area contributed by atoms with Gasteiger partial charge in [-0.1, -0.05) is 6.07 Å². The van der Waals surface area contributed by atoms with Crippen LogP contribution in [0.25, 0.3) is 0 Å². The summed E-state index contributed by atoms with van der Waals surface area (Å²) in [6.07, 6.45) is 0.865. The van der Waals surface area contributed by atoms with E-state index in [1.807, 2.05) is 0 Å². The molecule has 180 valence electrons. The van der Waals surface area contributed by atoms with Crippen LogP contribution in [0.5, 0.6) is 5.75 Å². The number of ether oxygens (including phenoxy) is 2. The zero-order valence-electron chi connectivity index (χ0n) is 19.3. The minimum atomic E-state index is -0.650. The van der Waals surface area contributed by atoms with Crippen LogP contribution in [-0.4, -0.2) is 51.5 Å². The van der Waals surface area contributed by atoms with E-state index in [4.69, 9.17) is 9.47 Å². The number of benzene rings is 1. The Bertz CT molecular complexity index is 1190. The van der Waals surface area contributed by atoms with Gasteiger partial charge in [0.25, 0.3) is 17.4 Å². The van der Waals surface area contributed by atoms with Gasteiger partial charge in [-0.15, -0.1) is 0 Å². The molecular formula is C23H27N5O6. The molecule has 0 saturated carbocycles. The van der Waals surface area contributed by atoms with Gasteiger partial charge in [0.2, 0.25) is 0 Å². The molecule has 11 nitrogen and oxygen atoms in total. The predicted molar refractivity (Wildman–Crippen MR) is 122 cm³/mol. The lowest BCUT2D eigenvalue weighted by Gasteiger charge is -2.28. The number of aromatic amines is 1. The molecule has 1 aromatic heterocycles. The summed E-state index contributed by atoms with van der Waals surface area (Å²) in [5.41, 5.74) is 0.455. The Morgan fingerprint density at radius 3 is 2.82 bits per heavy atom. The van der Waals surface area contributed by atoms with E-state index in [2.05, 4.69) is 20.6 Å². The highest BCUT2D eigenvalue weighted by Gasteiger charge is 2.34. The van der Waals surface area contributed by atoms with Crippen molar-refractivity contribution in [3.63, 3.8) is 0 Å². The summed E-state index contributed by atoms with van der Waals surface area (Å²) in [6, 6.07) is 6.03. The zero-order valence-corrected chi connectivity index (χ0v) is 19.3. The van der Waals surface area contributed by atoms with Crippen LogP contribution in [0.15, 0.2) is 29.1 Å². The van der Waals surface area contributed by atoms with Crippen molar-refractivity contribution in [2.75, 3.05) is 18.5 Å². The number of carbonyl (C=O) groups excluding carboxylic acids is 3. The fraction of sp³-hybridized carbons (Fsp3) is 0.435. The first kappa shape index (κ1) is 23.3. The standard InChI is InChI=1S/C23H27N5O6/c1-23(2,3)34-22(32)28-8-4-5-16(28)14-10-18(29)27-20(26-14)21(31)24-11-13-6-7-17-15(9-13)25-19(30)12-33-17/h6-7,9-10,16H,4-5,8,11-12H2,1-3H3,(H,24,31)(H,25,30)(H,26,27,29). The maximum absolute atomic E-state index is 12.7. The molecule has 4 rings (SSSR count). The highest BCUT2D eigenvalue weighted by atomic mass is 16.6. The van der Waals surface area contributed by atoms with E-state index < -0.39 is 29.2 Å². The second-order valence-corrected chi connectivity index (χ2v) is 9.20. The van der Waals surface area contributed by atoms with E-state index in [0.29, 0.717) is 30.1 Å². The monoisotopic (exact) mass is 469 g/mol. The van der Waals surface area contributed by atoms with Crippen molar-refractivity contribution in [1.29, 1.82) is 0 Å². The van der Waals surface area contributed by atoms with E-state index in [9.17, 15) is 19.2 Å². The summed E-state index contributed by atoms with van der Waals surface area (Å²) < 4.78 is 10.8. The number of nitrogens with zero attached hydrogens (tertiary/aromatic N) is 2. The quantitative estimate of drug-likeness (QED) is 0.622. The lowest BCUT2D eigenvalue weighted by molar-refractivity contribution is -0.118. The van der Waals surface area contributed by atoms with Gasteiger partial charge in [0.05, 0.1) is 17.4 Å². The third-order valence-corrected chi connectivity index (χ3v) is 5.33. The molecule has 1 unspecified atom stereocenters. The highest BCUT2D eigenvalue weighted by Crippen LogP contribution is 2.32. The number of nitrogens with one attached hydrogen (secondary N) is 3. The van der Waals surface area contributed by atoms with E-state index in [0.717, 1.165) is 12.0 Å². The fourth-order valence-corrected chi connectivity index (χ4v) is 3.87. The smallest absolute Gasteiger partial charge is 0.410 e. The predicted octanol–water partition coefficient (Wildman–Crippen LogP) is 2.10. The number of hydrogen-bond donors (Lipinski definition) is 3. The van der Waals surface area contributed by atoms with Crippen LogP contribution < -0.4 is 20.9 Å². The van der Waals surface area contributed by atoms with Gasteiger partial charge in [0.1, 0.15) is 11.4 Å². The summed E-state index contributed by atoms with van der Waals surface area (Å²) in [4.78, 5) is 57.5. The van der Waals surface area contributed by atoms with E-state index in [1.54, 1.807) is 39.0 Å². The molecular weight excluding hydrogens is 442 g/mol. The number of anilines is 1. The lowest BCUT2D eigenvalue weighted by atomic mass is 10.1. The van der Waals surface area contributed by atoms with Crippen LogP contribution in [0.3, 0.4) is 0 Å². The van der Waals surface area contributed by atoms with Crippen molar-refractivity contribution in [3.8, 4) is 5.75 Å². The van der Waals surface area contributed by atoms with Crippen LogP contribution in [0.4, 0.5) is 10.5 Å². The summed E-state index contributed by atoms with van der Waals surface area (Å²) >= 11 is 0. The molecule has 3 heterocycles. The first-order valence-corrected chi connectivity index (χ1v) is 11.0. The SMILES string of the molecule is CC(C)(C)OC(=O)N1CCCC1c1cc(=O)[nH]c(C(=O)NCc2ccc3c(c2)NC(=O)CO3)n1. The van der Waals surface area contributed by atoms with Gasteiger partial charge >= 0.3 is 6.09 Å². The largest absolute Gasteiger partial charge is 0.482 e. The van der Waals surface area contributed by atoms with Crippen molar-refractivity contribution >= 4 is 23.6 Å². The van der Waals surface area contributed by atoms with Gasteiger partial charge < -0.3 is 25.1 Å². The number of aromatic nitrogens is 2. The van der Waals surface area contributed by atoms with Gasteiger partial charge in [0.15, 0.2) is 12.4 Å². The van der Waals surface area contributed by atoms with E-state index >= 15 is 0 Å². The van der Waals surface area contributed by atoms with Crippen LogP contribution in [-0.2, 0) is 16.1 Å². The molecule has 1 atom stereocenters. The number of rotatable bonds is 4. The minimum Gasteiger partial charge on any atom is -0.482 e. The molecule has 2 aliphatic heterocycles. The molecule has 0 bridgehead atoms. The number of H-pyrrole nitrogens is 1. The Labute approximate surface area is 195 Å². The Morgan fingerprint density at radius 2 is 2.06 bits per heavy atom. The summed E-state index contributed by atoms with van der Waals surface area (Å²) in [5, 5.41) is 5.43. The molecule has 11 heteroatoms. The molecule has 2 aromatic rings. The number of amides is 3. The Hall–Kier alpha value is -3.89. The van der Waals surface area contributed by atoms with E-state index in [-0.39, 0.29) is 24.9 Å². The van der Waals surface area contributed by atoms with Crippen LogP contribution in [0, 0.1) is 0 Å². The topological polar surface area (TPSA) is 143 Å². The molecule has 3 amide bonds.